The number of sulfonamides is 1. The number of nitrogens with zero attached hydrogens (tertiary/aromatic N) is 1. The lowest BCUT2D eigenvalue weighted by Crippen LogP contribution is -2.40. The third kappa shape index (κ3) is 2.21. The smallest absolute Gasteiger partial charge is 0.315 e. The average molecular weight is 367 g/mol. The Bertz CT molecular complexity index is 873. The number of fused-ring (bicyclic) bond motifs is 2. The minimum Gasteiger partial charge on any atom is -0.468 e. The summed E-state index contributed by atoms with van der Waals surface area (Å²) in [5, 5.41) is 0.909. The monoisotopic (exact) mass is 367 g/mol. The van der Waals surface area contributed by atoms with E-state index in [0.29, 0.717) is 10.8 Å². The van der Waals surface area contributed by atoms with Gasteiger partial charge in [-0.1, -0.05) is 18.2 Å². The van der Waals surface area contributed by atoms with Crippen molar-refractivity contribution in [3.63, 3.8) is 0 Å². The van der Waals surface area contributed by atoms with Crippen LogP contribution in [0.15, 0.2) is 34.5 Å². The SMILES string of the molecule is COC(=O)[C@@]12COC[C@@H]1CN(S(=O)(=O)c1cc3ccccc3s1)C2. The van der Waals surface area contributed by atoms with E-state index >= 15 is 0 Å². The fraction of sp³-hybridized carbons (Fsp3) is 0.438. The van der Waals surface area contributed by atoms with Gasteiger partial charge < -0.3 is 9.47 Å². The lowest BCUT2D eigenvalue weighted by Gasteiger charge is -2.23. The molecule has 1 aromatic heterocycles. The number of thiophene rings is 1. The first-order valence-electron chi connectivity index (χ1n) is 7.62. The molecule has 2 saturated heterocycles. The number of methoxy groups -OCH3 is 1. The fourth-order valence-corrected chi connectivity index (χ4v) is 6.68. The lowest BCUT2D eigenvalue weighted by molar-refractivity contribution is -0.153. The Labute approximate surface area is 144 Å². The van der Waals surface area contributed by atoms with Gasteiger partial charge in [-0.15, -0.1) is 11.3 Å². The number of rotatable bonds is 3. The van der Waals surface area contributed by atoms with Crippen LogP contribution in [-0.4, -0.2) is 52.1 Å². The molecule has 0 N–H and O–H groups in total. The van der Waals surface area contributed by atoms with Crippen molar-refractivity contribution in [3.8, 4) is 0 Å². The van der Waals surface area contributed by atoms with Crippen molar-refractivity contribution >= 4 is 37.4 Å². The third-order valence-corrected chi connectivity index (χ3v) is 8.31. The molecule has 0 saturated carbocycles. The van der Waals surface area contributed by atoms with E-state index in [1.165, 1.54) is 22.8 Å². The Morgan fingerprint density at radius 2 is 2.21 bits per heavy atom. The third-order valence-electron chi connectivity index (χ3n) is 4.93. The summed E-state index contributed by atoms with van der Waals surface area (Å²) in [7, 11) is -2.30. The molecule has 0 radical (unpaired) electrons. The second-order valence-electron chi connectivity index (χ2n) is 6.26. The Balaban J connectivity index is 1.70. The quantitative estimate of drug-likeness (QED) is 0.772. The molecule has 6 nitrogen and oxygen atoms in total. The van der Waals surface area contributed by atoms with Crippen molar-refractivity contribution in [1.82, 2.24) is 4.31 Å². The molecular formula is C16H17NO5S2. The summed E-state index contributed by atoms with van der Waals surface area (Å²) in [5.41, 5.74) is -0.876. The number of ether oxygens (including phenoxy) is 2. The Kier molecular flexibility index (Phi) is 3.68. The first kappa shape index (κ1) is 16.0. The molecule has 2 atom stereocenters. The topological polar surface area (TPSA) is 72.9 Å². The maximum absolute atomic E-state index is 13.0. The maximum Gasteiger partial charge on any atom is 0.315 e. The second kappa shape index (κ2) is 5.52. The van der Waals surface area contributed by atoms with Crippen LogP contribution in [0.5, 0.6) is 0 Å². The Morgan fingerprint density at radius 1 is 1.42 bits per heavy atom. The van der Waals surface area contributed by atoms with E-state index in [-0.39, 0.29) is 31.6 Å². The van der Waals surface area contributed by atoms with E-state index in [4.69, 9.17) is 9.47 Å². The lowest BCUT2D eigenvalue weighted by atomic mass is 9.81. The van der Waals surface area contributed by atoms with Gasteiger partial charge in [-0.3, -0.25) is 4.79 Å². The molecule has 0 unspecified atom stereocenters. The van der Waals surface area contributed by atoms with Gasteiger partial charge in [-0.2, -0.15) is 4.31 Å². The normalized spacial score (nSPS) is 27.5. The van der Waals surface area contributed by atoms with Crippen LogP contribution < -0.4 is 0 Å². The molecule has 0 aliphatic carbocycles. The molecule has 2 fully saturated rings. The zero-order valence-electron chi connectivity index (χ0n) is 13.1. The Morgan fingerprint density at radius 3 is 2.96 bits per heavy atom. The van der Waals surface area contributed by atoms with Gasteiger partial charge in [0.25, 0.3) is 10.0 Å². The molecule has 128 valence electrons. The molecule has 0 spiro atoms. The van der Waals surface area contributed by atoms with Gasteiger partial charge in [0.1, 0.15) is 9.62 Å². The highest BCUT2D eigenvalue weighted by atomic mass is 32.2. The Hall–Kier alpha value is -1.48. The zero-order valence-corrected chi connectivity index (χ0v) is 14.7. The number of esters is 1. The minimum atomic E-state index is -3.63. The van der Waals surface area contributed by atoms with Crippen LogP contribution in [0.4, 0.5) is 0 Å². The van der Waals surface area contributed by atoms with E-state index in [2.05, 4.69) is 0 Å². The summed E-state index contributed by atoms with van der Waals surface area (Å²) >= 11 is 1.26. The summed E-state index contributed by atoms with van der Waals surface area (Å²) in [6.07, 6.45) is 0. The van der Waals surface area contributed by atoms with E-state index in [9.17, 15) is 13.2 Å². The van der Waals surface area contributed by atoms with Crippen LogP contribution >= 0.6 is 11.3 Å². The first-order valence-corrected chi connectivity index (χ1v) is 9.88. The number of benzene rings is 1. The van der Waals surface area contributed by atoms with Gasteiger partial charge in [0.05, 0.1) is 20.3 Å². The highest BCUT2D eigenvalue weighted by molar-refractivity contribution is 7.91. The molecule has 2 aliphatic rings. The molecule has 24 heavy (non-hydrogen) atoms. The van der Waals surface area contributed by atoms with Crippen molar-refractivity contribution in [1.29, 1.82) is 0 Å². The summed E-state index contributed by atoms with van der Waals surface area (Å²) in [6, 6.07) is 9.27. The molecule has 2 aliphatic heterocycles. The maximum atomic E-state index is 13.0. The molecule has 0 amide bonds. The number of hydrogen-bond donors (Lipinski definition) is 0. The van der Waals surface area contributed by atoms with Crippen LogP contribution in [0.25, 0.3) is 10.1 Å². The first-order chi connectivity index (χ1) is 11.5. The van der Waals surface area contributed by atoms with Crippen molar-refractivity contribution in [2.24, 2.45) is 11.3 Å². The zero-order chi connectivity index (χ0) is 16.9. The molecular weight excluding hydrogens is 350 g/mol. The van der Waals surface area contributed by atoms with Gasteiger partial charge >= 0.3 is 5.97 Å². The molecule has 3 heterocycles. The molecule has 1 aromatic carbocycles. The highest BCUT2D eigenvalue weighted by Gasteiger charge is 2.59. The van der Waals surface area contributed by atoms with Gasteiger partial charge in [-0.25, -0.2) is 8.42 Å². The van der Waals surface area contributed by atoms with E-state index in [1.807, 2.05) is 24.3 Å². The average Bonchev–Trinajstić information content (AvgIpc) is 3.25. The van der Waals surface area contributed by atoms with E-state index < -0.39 is 15.4 Å². The van der Waals surface area contributed by atoms with Crippen molar-refractivity contribution in [3.05, 3.63) is 30.3 Å². The second-order valence-corrected chi connectivity index (χ2v) is 9.51. The van der Waals surface area contributed by atoms with Crippen LogP contribution in [0.1, 0.15) is 0 Å². The van der Waals surface area contributed by atoms with Crippen molar-refractivity contribution in [2.45, 2.75) is 4.21 Å². The van der Waals surface area contributed by atoms with Gasteiger partial charge in [0, 0.05) is 23.7 Å². The van der Waals surface area contributed by atoms with Crippen molar-refractivity contribution < 1.29 is 22.7 Å². The fourth-order valence-electron chi connectivity index (χ4n) is 3.58. The van der Waals surface area contributed by atoms with Crippen LogP contribution in [-0.2, 0) is 24.3 Å². The summed E-state index contributed by atoms with van der Waals surface area (Å²) < 4.78 is 39.1. The summed E-state index contributed by atoms with van der Waals surface area (Å²) in [5.74, 6) is -0.548. The number of carbonyl (C=O) groups is 1. The van der Waals surface area contributed by atoms with Crippen LogP contribution in [0.2, 0.25) is 0 Å². The van der Waals surface area contributed by atoms with E-state index in [0.717, 1.165) is 10.1 Å². The minimum absolute atomic E-state index is 0.112. The molecule has 4 rings (SSSR count). The summed E-state index contributed by atoms with van der Waals surface area (Å²) in [4.78, 5) is 12.2. The highest BCUT2D eigenvalue weighted by Crippen LogP contribution is 2.44. The molecule has 2 aromatic rings. The predicted octanol–water partition coefficient (Wildman–Crippen LogP) is 1.71. The van der Waals surface area contributed by atoms with Gasteiger partial charge in [0.15, 0.2) is 0 Å². The van der Waals surface area contributed by atoms with E-state index in [1.54, 1.807) is 6.07 Å². The standard InChI is InChI=1S/C16H17NO5S2/c1-21-15(18)16-9-17(7-12(16)8-22-10-16)24(19,20)14-6-11-4-2-3-5-13(11)23-14/h2-6,12H,7-10H2,1H3/t12-,16-/m0/s1. The van der Waals surface area contributed by atoms with Gasteiger partial charge in [0.2, 0.25) is 0 Å². The molecule has 8 heteroatoms. The molecule has 0 bridgehead atoms. The van der Waals surface area contributed by atoms with Gasteiger partial charge in [-0.05, 0) is 17.5 Å². The number of carbonyl (C=O) groups excluding carboxylic acids is 1. The van der Waals surface area contributed by atoms with Crippen molar-refractivity contribution in [2.75, 3.05) is 33.4 Å². The van der Waals surface area contributed by atoms with Crippen LogP contribution in [0, 0.1) is 11.3 Å². The predicted molar refractivity (Wildman–Crippen MR) is 89.3 cm³/mol. The number of hydrogen-bond acceptors (Lipinski definition) is 6. The largest absolute Gasteiger partial charge is 0.468 e. The summed E-state index contributed by atoms with van der Waals surface area (Å²) in [6.45, 7) is 0.989. The van der Waals surface area contributed by atoms with Crippen LogP contribution in [0.3, 0.4) is 0 Å².